The van der Waals surface area contributed by atoms with E-state index in [0.29, 0.717) is 6.04 Å². The fraction of sp³-hybridized carbons (Fsp3) is 0.647. The molecule has 0 aliphatic carbocycles. The summed E-state index contributed by atoms with van der Waals surface area (Å²) < 4.78 is 5.90. The lowest BCUT2D eigenvalue weighted by atomic mass is 10.1. The van der Waals surface area contributed by atoms with Crippen molar-refractivity contribution in [1.29, 1.82) is 0 Å². The van der Waals surface area contributed by atoms with Gasteiger partial charge >= 0.3 is 0 Å². The highest BCUT2D eigenvalue weighted by Gasteiger charge is 2.21. The summed E-state index contributed by atoms with van der Waals surface area (Å²) in [4.78, 5) is 2.36. The molecule has 3 heteroatoms. The molecule has 0 aliphatic rings. The van der Waals surface area contributed by atoms with Gasteiger partial charge in [0, 0.05) is 30.2 Å². The summed E-state index contributed by atoms with van der Waals surface area (Å²) in [7, 11) is 0. The van der Waals surface area contributed by atoms with Gasteiger partial charge in [-0.2, -0.15) is 0 Å². The van der Waals surface area contributed by atoms with Gasteiger partial charge in [0.25, 0.3) is 0 Å². The van der Waals surface area contributed by atoms with Crippen LogP contribution in [0.25, 0.3) is 0 Å². The van der Waals surface area contributed by atoms with Crippen LogP contribution in [0.5, 0.6) is 0 Å². The van der Waals surface area contributed by atoms with Crippen LogP contribution in [0.2, 0.25) is 0 Å². The maximum absolute atomic E-state index is 5.90. The average Bonchev–Trinajstić information content (AvgIpc) is 2.65. The molecule has 0 saturated carbocycles. The van der Waals surface area contributed by atoms with E-state index < -0.39 is 0 Å². The zero-order valence-corrected chi connectivity index (χ0v) is 13.9. The Kier molecular flexibility index (Phi) is 6.03. The van der Waals surface area contributed by atoms with Gasteiger partial charge in [0.05, 0.1) is 6.54 Å². The summed E-state index contributed by atoms with van der Waals surface area (Å²) in [6.07, 6.45) is 1.95. The van der Waals surface area contributed by atoms with Crippen molar-refractivity contribution in [3.63, 3.8) is 0 Å². The molecule has 0 atom stereocenters. The Morgan fingerprint density at radius 2 is 2.05 bits per heavy atom. The van der Waals surface area contributed by atoms with E-state index in [1.165, 1.54) is 5.56 Å². The van der Waals surface area contributed by atoms with Crippen LogP contribution in [-0.4, -0.2) is 23.0 Å². The molecule has 0 unspecified atom stereocenters. The molecule has 1 heterocycles. The molecule has 0 radical (unpaired) electrons. The molecular weight excluding hydrogens is 248 g/mol. The number of furan rings is 1. The number of hydrogen-bond donors (Lipinski definition) is 1. The van der Waals surface area contributed by atoms with Crippen molar-refractivity contribution < 1.29 is 4.42 Å². The monoisotopic (exact) mass is 278 g/mol. The fourth-order valence-electron chi connectivity index (χ4n) is 2.07. The first-order chi connectivity index (χ1) is 9.24. The topological polar surface area (TPSA) is 28.4 Å². The summed E-state index contributed by atoms with van der Waals surface area (Å²) in [5, 5.41) is 3.43. The predicted octanol–water partition coefficient (Wildman–Crippen LogP) is 3.87. The quantitative estimate of drug-likeness (QED) is 0.767. The van der Waals surface area contributed by atoms with Gasteiger partial charge in [-0.3, -0.25) is 4.90 Å². The van der Waals surface area contributed by atoms with E-state index in [1.54, 1.807) is 0 Å². The van der Waals surface area contributed by atoms with E-state index in [-0.39, 0.29) is 5.54 Å². The zero-order valence-electron chi connectivity index (χ0n) is 13.9. The normalized spacial score (nSPS) is 12.4. The molecule has 20 heavy (non-hydrogen) atoms. The van der Waals surface area contributed by atoms with Gasteiger partial charge in [-0.05, 0) is 33.8 Å². The predicted molar refractivity (Wildman–Crippen MR) is 85.8 cm³/mol. The van der Waals surface area contributed by atoms with Gasteiger partial charge in [0.15, 0.2) is 0 Å². The van der Waals surface area contributed by atoms with Crippen LogP contribution in [0, 0.1) is 6.92 Å². The van der Waals surface area contributed by atoms with Crippen LogP contribution in [0.15, 0.2) is 23.1 Å². The van der Waals surface area contributed by atoms with Gasteiger partial charge in [-0.25, -0.2) is 0 Å². The second kappa shape index (κ2) is 7.09. The molecule has 0 spiro atoms. The smallest absolute Gasteiger partial charge is 0.118 e. The van der Waals surface area contributed by atoms with Crippen molar-refractivity contribution in [3.05, 3.63) is 35.8 Å². The second-order valence-electron chi connectivity index (χ2n) is 6.67. The maximum Gasteiger partial charge on any atom is 0.118 e. The largest absolute Gasteiger partial charge is 0.465 e. The van der Waals surface area contributed by atoms with Gasteiger partial charge in [0.1, 0.15) is 11.5 Å². The molecular formula is C17H30N2O. The Morgan fingerprint density at radius 3 is 2.55 bits per heavy atom. The van der Waals surface area contributed by atoms with E-state index in [9.17, 15) is 0 Å². The van der Waals surface area contributed by atoms with Gasteiger partial charge in [-0.15, -0.1) is 6.58 Å². The first kappa shape index (κ1) is 17.0. The molecule has 0 saturated heterocycles. The molecule has 0 aromatic carbocycles. The Balaban J connectivity index is 2.76. The SMILES string of the molecule is C=CCN(Cc1cc(CNC(C)C)c(C)o1)C(C)(C)C. The molecule has 1 rings (SSSR count). The first-order valence-electron chi connectivity index (χ1n) is 7.41. The summed E-state index contributed by atoms with van der Waals surface area (Å²) in [5.41, 5.74) is 1.35. The van der Waals surface area contributed by atoms with Crippen molar-refractivity contribution in [2.75, 3.05) is 6.54 Å². The van der Waals surface area contributed by atoms with E-state index in [4.69, 9.17) is 4.42 Å². The third kappa shape index (κ3) is 5.14. The number of aryl methyl sites for hydroxylation is 1. The van der Waals surface area contributed by atoms with Crippen LogP contribution in [-0.2, 0) is 13.1 Å². The molecule has 0 fully saturated rings. The molecule has 1 N–H and O–H groups in total. The lowest BCUT2D eigenvalue weighted by Crippen LogP contribution is -2.40. The first-order valence-corrected chi connectivity index (χ1v) is 7.41. The summed E-state index contributed by atoms with van der Waals surface area (Å²) in [6, 6.07) is 2.66. The minimum absolute atomic E-state index is 0.102. The molecule has 3 nitrogen and oxygen atoms in total. The second-order valence-corrected chi connectivity index (χ2v) is 6.67. The lowest BCUT2D eigenvalue weighted by Gasteiger charge is -2.34. The molecule has 1 aromatic rings. The van der Waals surface area contributed by atoms with Crippen molar-refractivity contribution in [2.45, 2.75) is 66.2 Å². The molecule has 0 bridgehead atoms. The Hall–Kier alpha value is -1.06. The van der Waals surface area contributed by atoms with Crippen LogP contribution < -0.4 is 5.32 Å². The summed E-state index contributed by atoms with van der Waals surface area (Å²) in [5.74, 6) is 2.04. The van der Waals surface area contributed by atoms with Crippen LogP contribution in [0.3, 0.4) is 0 Å². The van der Waals surface area contributed by atoms with Crippen molar-refractivity contribution in [2.24, 2.45) is 0 Å². The molecule has 1 aromatic heterocycles. The highest BCUT2D eigenvalue weighted by molar-refractivity contribution is 5.21. The van der Waals surface area contributed by atoms with Crippen molar-refractivity contribution in [3.8, 4) is 0 Å². The minimum Gasteiger partial charge on any atom is -0.465 e. The van der Waals surface area contributed by atoms with Crippen LogP contribution >= 0.6 is 0 Å². The van der Waals surface area contributed by atoms with Crippen LogP contribution in [0.4, 0.5) is 0 Å². The van der Waals surface area contributed by atoms with Crippen LogP contribution in [0.1, 0.15) is 51.7 Å². The Labute approximate surface area is 124 Å². The number of rotatable bonds is 7. The molecule has 0 aliphatic heterocycles. The Morgan fingerprint density at radius 1 is 1.40 bits per heavy atom. The molecule has 0 amide bonds. The summed E-state index contributed by atoms with van der Waals surface area (Å²) in [6.45, 7) is 19.4. The third-order valence-electron chi connectivity index (χ3n) is 3.42. The van der Waals surface area contributed by atoms with Gasteiger partial charge < -0.3 is 9.73 Å². The number of hydrogen-bond acceptors (Lipinski definition) is 3. The highest BCUT2D eigenvalue weighted by Crippen LogP contribution is 2.21. The average molecular weight is 278 g/mol. The Bertz CT molecular complexity index is 427. The maximum atomic E-state index is 5.90. The third-order valence-corrected chi connectivity index (χ3v) is 3.42. The lowest BCUT2D eigenvalue weighted by molar-refractivity contribution is 0.134. The van der Waals surface area contributed by atoms with Crippen molar-refractivity contribution in [1.82, 2.24) is 10.2 Å². The van der Waals surface area contributed by atoms with E-state index in [0.717, 1.165) is 31.2 Å². The molecule has 114 valence electrons. The van der Waals surface area contributed by atoms with E-state index >= 15 is 0 Å². The zero-order chi connectivity index (χ0) is 15.3. The van der Waals surface area contributed by atoms with Gasteiger partial charge in [0.2, 0.25) is 0 Å². The van der Waals surface area contributed by atoms with E-state index in [1.807, 2.05) is 13.0 Å². The number of nitrogens with zero attached hydrogens (tertiary/aromatic N) is 1. The standard InChI is InChI=1S/C17H30N2O/c1-8-9-19(17(5,6)7)12-16-10-15(14(4)20-16)11-18-13(2)3/h8,10,13,18H,1,9,11-12H2,2-7H3. The van der Waals surface area contributed by atoms with Gasteiger partial charge in [-0.1, -0.05) is 19.9 Å². The highest BCUT2D eigenvalue weighted by atomic mass is 16.3. The minimum atomic E-state index is 0.102. The number of nitrogens with one attached hydrogen (secondary N) is 1. The van der Waals surface area contributed by atoms with Crippen molar-refractivity contribution >= 4 is 0 Å². The summed E-state index contributed by atoms with van der Waals surface area (Å²) >= 11 is 0. The van der Waals surface area contributed by atoms with E-state index in [2.05, 4.69) is 57.5 Å². The fourth-order valence-corrected chi connectivity index (χ4v) is 2.07.